The molecule has 0 unspecified atom stereocenters. The number of aromatic nitrogens is 2. The SMILES string of the molecule is COc1cccnc1-c1cc(Cl)cnc1N. The van der Waals surface area contributed by atoms with E-state index in [2.05, 4.69) is 9.97 Å². The molecule has 0 bridgehead atoms. The second-order valence-electron chi connectivity index (χ2n) is 3.14. The molecular formula is C11H10ClN3O. The van der Waals surface area contributed by atoms with Gasteiger partial charge in [0.15, 0.2) is 0 Å². The molecule has 0 aliphatic heterocycles. The molecule has 0 aliphatic rings. The topological polar surface area (TPSA) is 61.0 Å². The highest BCUT2D eigenvalue weighted by molar-refractivity contribution is 6.30. The zero-order chi connectivity index (χ0) is 11.5. The van der Waals surface area contributed by atoms with Gasteiger partial charge in [-0.2, -0.15) is 0 Å². The molecule has 0 spiro atoms. The molecule has 16 heavy (non-hydrogen) atoms. The van der Waals surface area contributed by atoms with Gasteiger partial charge in [0.2, 0.25) is 0 Å². The number of nitrogen functional groups attached to an aromatic ring is 1. The van der Waals surface area contributed by atoms with Crippen molar-refractivity contribution in [1.29, 1.82) is 0 Å². The molecule has 0 atom stereocenters. The molecule has 82 valence electrons. The molecule has 2 aromatic heterocycles. The molecule has 5 heteroatoms. The van der Waals surface area contributed by atoms with Crippen molar-refractivity contribution in [2.24, 2.45) is 0 Å². The summed E-state index contributed by atoms with van der Waals surface area (Å²) in [5.74, 6) is 1.01. The highest BCUT2D eigenvalue weighted by Gasteiger charge is 2.11. The van der Waals surface area contributed by atoms with Crippen molar-refractivity contribution in [3.05, 3.63) is 35.6 Å². The molecule has 2 heterocycles. The summed E-state index contributed by atoms with van der Waals surface area (Å²) < 4.78 is 5.21. The van der Waals surface area contributed by atoms with E-state index in [1.165, 1.54) is 6.20 Å². The van der Waals surface area contributed by atoms with Crippen LogP contribution in [0.1, 0.15) is 0 Å². The maximum Gasteiger partial charge on any atom is 0.145 e. The Hall–Kier alpha value is -1.81. The van der Waals surface area contributed by atoms with Crippen molar-refractivity contribution in [1.82, 2.24) is 9.97 Å². The highest BCUT2D eigenvalue weighted by atomic mass is 35.5. The first-order chi connectivity index (χ1) is 7.72. The Morgan fingerprint density at radius 1 is 1.38 bits per heavy atom. The van der Waals surface area contributed by atoms with Gasteiger partial charge in [-0.25, -0.2) is 4.98 Å². The quantitative estimate of drug-likeness (QED) is 0.868. The lowest BCUT2D eigenvalue weighted by Gasteiger charge is -2.08. The molecule has 2 rings (SSSR count). The average Bonchev–Trinajstić information content (AvgIpc) is 2.32. The van der Waals surface area contributed by atoms with E-state index in [4.69, 9.17) is 22.1 Å². The second kappa shape index (κ2) is 4.37. The lowest BCUT2D eigenvalue weighted by molar-refractivity contribution is 0.415. The highest BCUT2D eigenvalue weighted by Crippen LogP contribution is 2.31. The fraction of sp³-hybridized carbons (Fsp3) is 0.0909. The predicted octanol–water partition coefficient (Wildman–Crippen LogP) is 2.39. The monoisotopic (exact) mass is 235 g/mol. The Kier molecular flexibility index (Phi) is 2.92. The number of hydrogen-bond acceptors (Lipinski definition) is 4. The van der Waals surface area contributed by atoms with Gasteiger partial charge in [0.1, 0.15) is 17.3 Å². The number of anilines is 1. The Labute approximate surface area is 98.0 Å². The molecule has 2 N–H and O–H groups in total. The van der Waals surface area contributed by atoms with Gasteiger partial charge in [0, 0.05) is 18.0 Å². The number of hydrogen-bond donors (Lipinski definition) is 1. The van der Waals surface area contributed by atoms with Gasteiger partial charge in [-0.1, -0.05) is 11.6 Å². The van der Waals surface area contributed by atoms with Crippen molar-refractivity contribution >= 4 is 17.4 Å². The molecule has 0 saturated carbocycles. The summed E-state index contributed by atoms with van der Waals surface area (Å²) in [5.41, 5.74) is 7.09. The van der Waals surface area contributed by atoms with Gasteiger partial charge in [-0.3, -0.25) is 4.98 Å². The lowest BCUT2D eigenvalue weighted by Crippen LogP contribution is -1.97. The largest absolute Gasteiger partial charge is 0.494 e. The molecule has 0 saturated heterocycles. The Balaban J connectivity index is 2.62. The molecule has 0 amide bonds. The third-order valence-corrected chi connectivity index (χ3v) is 2.34. The van der Waals surface area contributed by atoms with Crippen LogP contribution in [0.5, 0.6) is 5.75 Å². The Morgan fingerprint density at radius 2 is 2.19 bits per heavy atom. The summed E-state index contributed by atoms with van der Waals surface area (Å²) >= 11 is 5.88. The van der Waals surface area contributed by atoms with E-state index in [0.717, 1.165) is 0 Å². The van der Waals surface area contributed by atoms with Gasteiger partial charge in [0.05, 0.1) is 12.1 Å². The van der Waals surface area contributed by atoms with E-state index >= 15 is 0 Å². The van der Waals surface area contributed by atoms with Crippen molar-refractivity contribution < 1.29 is 4.74 Å². The number of rotatable bonds is 2. The normalized spacial score (nSPS) is 10.1. The van der Waals surface area contributed by atoms with Gasteiger partial charge in [-0.05, 0) is 18.2 Å². The van der Waals surface area contributed by atoms with Crippen molar-refractivity contribution in [3.63, 3.8) is 0 Å². The summed E-state index contributed by atoms with van der Waals surface area (Å²) in [7, 11) is 1.58. The second-order valence-corrected chi connectivity index (χ2v) is 3.58. The Bertz CT molecular complexity index is 516. The lowest BCUT2D eigenvalue weighted by atomic mass is 10.1. The van der Waals surface area contributed by atoms with E-state index in [1.54, 1.807) is 25.4 Å². The first-order valence-electron chi connectivity index (χ1n) is 4.63. The maximum absolute atomic E-state index is 5.88. The smallest absolute Gasteiger partial charge is 0.145 e. The number of halogens is 1. The van der Waals surface area contributed by atoms with Crippen LogP contribution in [0.4, 0.5) is 5.82 Å². The van der Waals surface area contributed by atoms with Crippen LogP contribution in [-0.2, 0) is 0 Å². The van der Waals surface area contributed by atoms with Crippen molar-refractivity contribution in [3.8, 4) is 17.0 Å². The standard InChI is InChI=1S/C11H10ClN3O/c1-16-9-3-2-4-14-10(9)8-5-7(12)6-15-11(8)13/h2-6H,1H3,(H2,13,15). The number of pyridine rings is 2. The van der Waals surface area contributed by atoms with E-state index in [1.807, 2.05) is 6.07 Å². The molecular weight excluding hydrogens is 226 g/mol. The van der Waals surface area contributed by atoms with Crippen LogP contribution >= 0.6 is 11.6 Å². The number of nitrogens with two attached hydrogens (primary N) is 1. The first-order valence-corrected chi connectivity index (χ1v) is 5.00. The third kappa shape index (κ3) is 1.92. The van der Waals surface area contributed by atoms with Crippen LogP contribution in [0.15, 0.2) is 30.6 Å². The van der Waals surface area contributed by atoms with E-state index in [0.29, 0.717) is 27.8 Å². The molecule has 4 nitrogen and oxygen atoms in total. The Morgan fingerprint density at radius 3 is 2.94 bits per heavy atom. The minimum atomic E-state index is 0.376. The molecule has 0 aliphatic carbocycles. The maximum atomic E-state index is 5.88. The fourth-order valence-corrected chi connectivity index (χ4v) is 1.55. The zero-order valence-electron chi connectivity index (χ0n) is 8.64. The van der Waals surface area contributed by atoms with E-state index in [9.17, 15) is 0 Å². The van der Waals surface area contributed by atoms with Crippen LogP contribution in [-0.4, -0.2) is 17.1 Å². The minimum Gasteiger partial charge on any atom is -0.494 e. The van der Waals surface area contributed by atoms with Crippen molar-refractivity contribution in [2.75, 3.05) is 12.8 Å². The summed E-state index contributed by atoms with van der Waals surface area (Å²) in [6.45, 7) is 0. The summed E-state index contributed by atoms with van der Waals surface area (Å²) in [6.07, 6.45) is 3.16. The van der Waals surface area contributed by atoms with Gasteiger partial charge in [0.25, 0.3) is 0 Å². The van der Waals surface area contributed by atoms with Gasteiger partial charge >= 0.3 is 0 Å². The summed E-state index contributed by atoms with van der Waals surface area (Å²) in [5, 5.41) is 0.511. The molecule has 0 aromatic carbocycles. The number of methoxy groups -OCH3 is 1. The van der Waals surface area contributed by atoms with Crippen LogP contribution in [0.2, 0.25) is 5.02 Å². The first kappa shape index (κ1) is 10.7. The molecule has 0 fully saturated rings. The zero-order valence-corrected chi connectivity index (χ0v) is 9.40. The third-order valence-electron chi connectivity index (χ3n) is 2.13. The van der Waals surface area contributed by atoms with Crippen molar-refractivity contribution in [2.45, 2.75) is 0 Å². The molecule has 2 aromatic rings. The molecule has 0 radical (unpaired) electrons. The van der Waals surface area contributed by atoms with Crippen LogP contribution in [0.25, 0.3) is 11.3 Å². The minimum absolute atomic E-state index is 0.376. The van der Waals surface area contributed by atoms with Gasteiger partial charge < -0.3 is 10.5 Å². The number of nitrogens with zero attached hydrogens (tertiary/aromatic N) is 2. The van der Waals surface area contributed by atoms with Gasteiger partial charge in [-0.15, -0.1) is 0 Å². The van der Waals surface area contributed by atoms with Crippen LogP contribution < -0.4 is 10.5 Å². The number of ether oxygens (including phenoxy) is 1. The average molecular weight is 236 g/mol. The van der Waals surface area contributed by atoms with Crippen LogP contribution in [0, 0.1) is 0 Å². The van der Waals surface area contributed by atoms with Crippen LogP contribution in [0.3, 0.4) is 0 Å². The summed E-state index contributed by atoms with van der Waals surface area (Å²) in [6, 6.07) is 5.31. The summed E-state index contributed by atoms with van der Waals surface area (Å²) in [4.78, 5) is 8.20. The predicted molar refractivity (Wildman–Crippen MR) is 63.4 cm³/mol. The fourth-order valence-electron chi connectivity index (χ4n) is 1.40. The van der Waals surface area contributed by atoms with E-state index in [-0.39, 0.29) is 0 Å². The van der Waals surface area contributed by atoms with E-state index < -0.39 is 0 Å².